The molecule has 0 aromatic heterocycles. The zero-order valence-corrected chi connectivity index (χ0v) is 10.1. The van der Waals surface area contributed by atoms with Gasteiger partial charge in [0.2, 0.25) is 0 Å². The first-order valence-corrected chi connectivity index (χ1v) is 6.09. The highest BCUT2D eigenvalue weighted by Crippen LogP contribution is 2.03. The van der Waals surface area contributed by atoms with E-state index in [2.05, 4.69) is 27.7 Å². The second-order valence-electron chi connectivity index (χ2n) is 3.01. The molecule has 14 heavy (non-hydrogen) atoms. The second kappa shape index (κ2) is 7.17. The van der Waals surface area contributed by atoms with Crippen molar-refractivity contribution in [2.75, 3.05) is 26.2 Å². The van der Waals surface area contributed by atoms with E-state index in [9.17, 15) is 0 Å². The van der Waals surface area contributed by atoms with Crippen LogP contribution in [0.4, 0.5) is 0 Å². The Morgan fingerprint density at radius 3 is 1.07 bits per heavy atom. The number of nitrogens with zero attached hydrogens (tertiary/aromatic N) is 1. The van der Waals surface area contributed by atoms with Crippen molar-refractivity contribution in [3.05, 3.63) is 0 Å². The molecule has 88 valence electrons. The lowest BCUT2D eigenvalue weighted by Crippen LogP contribution is -2.47. The fourth-order valence-corrected chi connectivity index (χ4v) is 1.34. The lowest BCUT2D eigenvalue weighted by molar-refractivity contribution is -0.921. The molecule has 0 spiro atoms. The van der Waals surface area contributed by atoms with Crippen molar-refractivity contribution in [3.8, 4) is 0 Å². The van der Waals surface area contributed by atoms with Crippen molar-refractivity contribution in [3.63, 3.8) is 0 Å². The minimum atomic E-state index is -5.17. The van der Waals surface area contributed by atoms with E-state index in [1.165, 1.54) is 30.7 Å². The van der Waals surface area contributed by atoms with Crippen LogP contribution >= 0.6 is 0 Å². The minimum absolute atomic E-state index is 0. The fraction of sp³-hybridized carbons (Fsp3) is 1.00. The largest absolute Gasteiger partial charge is 1.00 e. The van der Waals surface area contributed by atoms with E-state index in [-0.39, 0.29) is 1.43 Å². The van der Waals surface area contributed by atoms with Gasteiger partial charge in [0.1, 0.15) is 0 Å². The Bertz CT molecular complexity index is 201. The summed E-state index contributed by atoms with van der Waals surface area (Å²) in [6.45, 7) is 14.2. The Hall–Kier alpha value is -0.170. The van der Waals surface area contributed by atoms with Crippen LogP contribution in [0, 0.1) is 0 Å². The molecule has 0 fully saturated rings. The first kappa shape index (κ1) is 16.3. The summed E-state index contributed by atoms with van der Waals surface area (Å²) >= 11 is 0. The highest BCUT2D eigenvalue weighted by molar-refractivity contribution is 7.79. The second-order valence-corrected chi connectivity index (χ2v) is 3.83. The van der Waals surface area contributed by atoms with Gasteiger partial charge in [-0.1, -0.05) is 0 Å². The molecular formula is C8H21NO4S. The molecule has 5 nitrogen and oxygen atoms in total. The van der Waals surface area contributed by atoms with E-state index in [4.69, 9.17) is 17.5 Å². The SMILES string of the molecule is CC[N+](CC)(CC)CC.O=S(=O)([O-])[O-].[H+]. The Labute approximate surface area is 88.4 Å². The van der Waals surface area contributed by atoms with Crippen molar-refractivity contribution in [2.24, 2.45) is 0 Å². The van der Waals surface area contributed by atoms with Gasteiger partial charge >= 0.3 is 1.43 Å². The Morgan fingerprint density at radius 1 is 0.929 bits per heavy atom. The average Bonchev–Trinajstić information content (AvgIpc) is 2.07. The van der Waals surface area contributed by atoms with Crippen molar-refractivity contribution in [1.29, 1.82) is 0 Å². The van der Waals surface area contributed by atoms with Gasteiger partial charge in [0.05, 0.1) is 26.2 Å². The lowest BCUT2D eigenvalue weighted by Gasteiger charge is -2.34. The molecule has 0 aromatic rings. The molecule has 0 aliphatic carbocycles. The first-order chi connectivity index (χ1) is 6.24. The van der Waals surface area contributed by atoms with Gasteiger partial charge in [-0.2, -0.15) is 0 Å². The molecule has 0 aliphatic rings. The zero-order chi connectivity index (χ0) is 11.8. The summed E-state index contributed by atoms with van der Waals surface area (Å²) in [5.74, 6) is 0. The molecule has 0 rings (SSSR count). The highest BCUT2D eigenvalue weighted by Gasteiger charge is 2.16. The molecule has 0 N–H and O–H groups in total. The van der Waals surface area contributed by atoms with Crippen LogP contribution in [0.2, 0.25) is 0 Å². The summed E-state index contributed by atoms with van der Waals surface area (Å²) in [6.07, 6.45) is 0. The van der Waals surface area contributed by atoms with E-state index in [1.54, 1.807) is 0 Å². The summed E-state index contributed by atoms with van der Waals surface area (Å²) in [4.78, 5) is 0. The van der Waals surface area contributed by atoms with Gasteiger partial charge in [0, 0.05) is 10.4 Å². The summed E-state index contributed by atoms with van der Waals surface area (Å²) in [7, 11) is -5.17. The van der Waals surface area contributed by atoms with E-state index in [1.807, 2.05) is 0 Å². The number of hydrogen-bond acceptors (Lipinski definition) is 4. The molecule has 0 aliphatic heterocycles. The third-order valence-electron chi connectivity index (χ3n) is 2.68. The van der Waals surface area contributed by atoms with E-state index in [0.29, 0.717) is 0 Å². The molecule has 6 heteroatoms. The van der Waals surface area contributed by atoms with Crippen LogP contribution in [0.25, 0.3) is 0 Å². The molecule has 0 aromatic carbocycles. The maximum Gasteiger partial charge on any atom is 1.00 e. The van der Waals surface area contributed by atoms with Crippen LogP contribution in [-0.4, -0.2) is 48.2 Å². The molecule has 0 unspecified atom stereocenters. The van der Waals surface area contributed by atoms with Gasteiger partial charge in [-0.25, -0.2) is 0 Å². The Morgan fingerprint density at radius 2 is 1.07 bits per heavy atom. The summed E-state index contributed by atoms with van der Waals surface area (Å²) in [5, 5.41) is 0. The third-order valence-corrected chi connectivity index (χ3v) is 2.68. The normalized spacial score (nSPS) is 11.9. The van der Waals surface area contributed by atoms with Crippen LogP contribution in [0.1, 0.15) is 29.1 Å². The Balaban J connectivity index is -0.000000208. The predicted octanol–water partition coefficient (Wildman–Crippen LogP) is 0.657. The van der Waals surface area contributed by atoms with Crippen LogP contribution < -0.4 is 0 Å². The van der Waals surface area contributed by atoms with Crippen molar-refractivity contribution in [1.82, 2.24) is 0 Å². The number of hydrogen-bond donors (Lipinski definition) is 0. The molecule has 0 heterocycles. The summed E-state index contributed by atoms with van der Waals surface area (Å²) in [5.41, 5.74) is 0. The topological polar surface area (TPSA) is 80.3 Å². The van der Waals surface area contributed by atoms with Crippen LogP contribution in [0.15, 0.2) is 0 Å². The smallest absolute Gasteiger partial charge is 0.759 e. The van der Waals surface area contributed by atoms with Crippen molar-refractivity contribution < 1.29 is 23.4 Å². The van der Waals surface area contributed by atoms with Gasteiger partial charge in [-0.05, 0) is 27.7 Å². The van der Waals surface area contributed by atoms with E-state index >= 15 is 0 Å². The van der Waals surface area contributed by atoms with Gasteiger partial charge in [0.25, 0.3) is 0 Å². The fourth-order valence-electron chi connectivity index (χ4n) is 1.34. The third kappa shape index (κ3) is 9.91. The first-order valence-electron chi connectivity index (χ1n) is 4.76. The number of rotatable bonds is 4. The summed E-state index contributed by atoms with van der Waals surface area (Å²) < 4.78 is 35.4. The standard InChI is InChI=1S/C8H20N.H2O4S/c1-5-9(6-2,7-3)8-4;1-5(2,3)4/h5-8H2,1-4H3;(H2,1,2,3,4)/q+1;/p-1. The summed E-state index contributed by atoms with van der Waals surface area (Å²) in [6, 6.07) is 0. The average molecular weight is 227 g/mol. The zero-order valence-electron chi connectivity index (χ0n) is 10.3. The van der Waals surface area contributed by atoms with Crippen molar-refractivity contribution in [2.45, 2.75) is 27.7 Å². The van der Waals surface area contributed by atoms with Gasteiger partial charge < -0.3 is 13.6 Å². The van der Waals surface area contributed by atoms with Crippen molar-refractivity contribution >= 4 is 10.4 Å². The van der Waals surface area contributed by atoms with Crippen LogP contribution in [0.3, 0.4) is 0 Å². The highest BCUT2D eigenvalue weighted by atomic mass is 32.3. The lowest BCUT2D eigenvalue weighted by atomic mass is 10.3. The van der Waals surface area contributed by atoms with Gasteiger partial charge in [-0.15, -0.1) is 0 Å². The van der Waals surface area contributed by atoms with Gasteiger partial charge in [-0.3, -0.25) is 8.42 Å². The quantitative estimate of drug-likeness (QED) is 0.401. The maximum absolute atomic E-state index is 8.52. The minimum Gasteiger partial charge on any atom is -0.759 e. The predicted molar refractivity (Wildman–Crippen MR) is 54.0 cm³/mol. The Kier molecular flexibility index (Phi) is 8.33. The van der Waals surface area contributed by atoms with E-state index in [0.717, 1.165) is 0 Å². The number of quaternary nitrogens is 1. The molecule has 0 saturated carbocycles. The van der Waals surface area contributed by atoms with Crippen LogP contribution in [-0.2, 0) is 10.4 Å². The van der Waals surface area contributed by atoms with Crippen LogP contribution in [0.5, 0.6) is 0 Å². The molecule has 0 atom stereocenters. The molecular weight excluding hydrogens is 206 g/mol. The monoisotopic (exact) mass is 227 g/mol. The van der Waals surface area contributed by atoms with E-state index < -0.39 is 10.4 Å². The molecule has 0 saturated heterocycles. The van der Waals surface area contributed by atoms with Gasteiger partial charge in [0.15, 0.2) is 0 Å². The maximum atomic E-state index is 8.52. The molecule has 0 radical (unpaired) electrons. The molecule has 0 bridgehead atoms. The molecule has 0 amide bonds.